The standard InChI is InChI=1S/C4H5NOS.BH3/c6-2-4-1-5-3-7-4;/h1,3,6H,2H2;1H3. The molecule has 0 saturated heterocycles. The number of hydrogen-bond acceptors (Lipinski definition) is 3. The van der Waals surface area contributed by atoms with E-state index in [0.29, 0.717) is 0 Å². The maximum absolute atomic E-state index is 8.40. The predicted octanol–water partition coefficient (Wildman–Crippen LogP) is -0.548. The Hall–Kier alpha value is -0.345. The Labute approximate surface area is 53.8 Å². The van der Waals surface area contributed by atoms with Crippen molar-refractivity contribution in [2.45, 2.75) is 6.61 Å². The second kappa shape index (κ2) is 3.63. The molecular formula is C4H8BNOS. The maximum atomic E-state index is 8.40. The van der Waals surface area contributed by atoms with Gasteiger partial charge >= 0.3 is 0 Å². The van der Waals surface area contributed by atoms with Crippen LogP contribution < -0.4 is 0 Å². The van der Waals surface area contributed by atoms with Crippen LogP contribution in [0, 0.1) is 0 Å². The third kappa shape index (κ3) is 1.64. The lowest BCUT2D eigenvalue weighted by Crippen LogP contribution is -1.70. The summed E-state index contributed by atoms with van der Waals surface area (Å²) in [6.07, 6.45) is 1.66. The van der Waals surface area contributed by atoms with Crippen LogP contribution in [0.15, 0.2) is 11.7 Å². The van der Waals surface area contributed by atoms with E-state index < -0.39 is 0 Å². The van der Waals surface area contributed by atoms with Gasteiger partial charge in [0, 0.05) is 11.1 Å². The Morgan fingerprint density at radius 3 is 2.75 bits per heavy atom. The molecule has 0 radical (unpaired) electrons. The van der Waals surface area contributed by atoms with Crippen LogP contribution in [0.5, 0.6) is 0 Å². The Morgan fingerprint density at radius 2 is 2.50 bits per heavy atom. The molecular weight excluding hydrogens is 121 g/mol. The van der Waals surface area contributed by atoms with E-state index >= 15 is 0 Å². The van der Waals surface area contributed by atoms with Crippen molar-refractivity contribution in [2.24, 2.45) is 0 Å². The zero-order valence-corrected chi connectivity index (χ0v) is 4.48. The molecule has 0 unspecified atom stereocenters. The summed E-state index contributed by atoms with van der Waals surface area (Å²) in [5.74, 6) is 0. The van der Waals surface area contributed by atoms with Gasteiger partial charge in [0.25, 0.3) is 0 Å². The molecule has 1 N–H and O–H groups in total. The van der Waals surface area contributed by atoms with E-state index in [9.17, 15) is 0 Å². The summed E-state index contributed by atoms with van der Waals surface area (Å²) >= 11 is 1.46. The topological polar surface area (TPSA) is 33.1 Å². The van der Waals surface area contributed by atoms with Crippen molar-refractivity contribution in [3.63, 3.8) is 0 Å². The molecule has 1 rings (SSSR count). The summed E-state index contributed by atoms with van der Waals surface area (Å²) in [5.41, 5.74) is 1.70. The van der Waals surface area contributed by atoms with Crippen LogP contribution >= 0.6 is 11.3 Å². The lowest BCUT2D eigenvalue weighted by atomic mass is 10.6. The molecule has 0 fully saturated rings. The quantitative estimate of drug-likeness (QED) is 0.516. The Kier molecular flexibility index (Phi) is 3.48. The molecule has 1 aromatic heterocycles. The molecule has 0 atom stereocenters. The highest BCUT2D eigenvalue weighted by Crippen LogP contribution is 2.02. The van der Waals surface area contributed by atoms with Crippen molar-refractivity contribution in [1.29, 1.82) is 0 Å². The fourth-order valence-corrected chi connectivity index (χ4v) is 0.774. The minimum absolute atomic E-state index is 0. The molecule has 0 aliphatic carbocycles. The van der Waals surface area contributed by atoms with Gasteiger partial charge in [0.2, 0.25) is 0 Å². The SMILES string of the molecule is B.OCc1cncs1. The lowest BCUT2D eigenvalue weighted by Gasteiger charge is -1.76. The number of aromatic nitrogens is 1. The number of rotatable bonds is 1. The van der Waals surface area contributed by atoms with E-state index in [-0.39, 0.29) is 15.0 Å². The van der Waals surface area contributed by atoms with Crippen LogP contribution in [0.3, 0.4) is 0 Å². The van der Waals surface area contributed by atoms with Gasteiger partial charge in [-0.3, -0.25) is 4.98 Å². The van der Waals surface area contributed by atoms with Crippen molar-refractivity contribution >= 4 is 19.7 Å². The third-order valence-electron chi connectivity index (χ3n) is 0.639. The maximum Gasteiger partial charge on any atom is 0.0814 e. The van der Waals surface area contributed by atoms with Gasteiger partial charge in [-0.2, -0.15) is 0 Å². The van der Waals surface area contributed by atoms with Crippen LogP contribution in [-0.2, 0) is 6.61 Å². The van der Waals surface area contributed by atoms with E-state index in [4.69, 9.17) is 5.11 Å². The van der Waals surface area contributed by atoms with E-state index in [1.165, 1.54) is 11.3 Å². The van der Waals surface area contributed by atoms with Crippen molar-refractivity contribution in [3.05, 3.63) is 16.6 Å². The van der Waals surface area contributed by atoms with E-state index in [0.717, 1.165) is 4.88 Å². The van der Waals surface area contributed by atoms with E-state index in [1.807, 2.05) is 0 Å². The molecule has 8 heavy (non-hydrogen) atoms. The Morgan fingerprint density at radius 1 is 1.75 bits per heavy atom. The second-order valence-electron chi connectivity index (χ2n) is 1.13. The average molecular weight is 129 g/mol. The molecule has 0 aliphatic heterocycles. The summed E-state index contributed by atoms with van der Waals surface area (Å²) in [5, 5.41) is 8.40. The molecule has 0 bridgehead atoms. The first-order valence-corrected chi connectivity index (χ1v) is 2.79. The number of aliphatic hydroxyl groups is 1. The van der Waals surface area contributed by atoms with Gasteiger partial charge in [0.05, 0.1) is 20.5 Å². The molecule has 0 spiro atoms. The summed E-state index contributed by atoms with van der Waals surface area (Å²) in [7, 11) is 0. The first-order valence-electron chi connectivity index (χ1n) is 1.91. The first kappa shape index (κ1) is 7.65. The molecule has 0 amide bonds. The molecule has 1 aromatic rings. The van der Waals surface area contributed by atoms with Gasteiger partial charge in [-0.25, -0.2) is 0 Å². The minimum Gasteiger partial charge on any atom is -0.391 e. The monoisotopic (exact) mass is 129 g/mol. The van der Waals surface area contributed by atoms with Gasteiger partial charge in [-0.15, -0.1) is 11.3 Å². The fourth-order valence-electron chi connectivity index (χ4n) is 0.320. The molecule has 0 aromatic carbocycles. The van der Waals surface area contributed by atoms with Gasteiger partial charge in [-0.1, -0.05) is 0 Å². The van der Waals surface area contributed by atoms with E-state index in [1.54, 1.807) is 11.7 Å². The summed E-state index contributed by atoms with van der Waals surface area (Å²) < 4.78 is 0. The molecule has 4 heteroatoms. The number of nitrogens with zero attached hydrogens (tertiary/aromatic N) is 1. The lowest BCUT2D eigenvalue weighted by molar-refractivity contribution is 0.285. The van der Waals surface area contributed by atoms with Crippen molar-refractivity contribution in [3.8, 4) is 0 Å². The van der Waals surface area contributed by atoms with Crippen molar-refractivity contribution < 1.29 is 5.11 Å². The molecule has 44 valence electrons. The van der Waals surface area contributed by atoms with Crippen LogP contribution in [0.25, 0.3) is 0 Å². The summed E-state index contributed by atoms with van der Waals surface area (Å²) in [4.78, 5) is 4.67. The fraction of sp³-hybridized carbons (Fsp3) is 0.250. The first-order chi connectivity index (χ1) is 3.43. The molecule has 2 nitrogen and oxygen atoms in total. The van der Waals surface area contributed by atoms with Crippen molar-refractivity contribution in [2.75, 3.05) is 0 Å². The highest BCUT2D eigenvalue weighted by Gasteiger charge is 1.85. The van der Waals surface area contributed by atoms with Crippen LogP contribution in [0.2, 0.25) is 0 Å². The normalized spacial score (nSPS) is 8.12. The zero-order chi connectivity index (χ0) is 5.11. The molecule has 1 heterocycles. The highest BCUT2D eigenvalue weighted by atomic mass is 32.1. The average Bonchev–Trinajstić information content (AvgIpc) is 2.14. The van der Waals surface area contributed by atoms with Gasteiger partial charge < -0.3 is 5.11 Å². The zero-order valence-electron chi connectivity index (χ0n) is 3.66. The van der Waals surface area contributed by atoms with Crippen LogP contribution in [0.1, 0.15) is 4.88 Å². The minimum atomic E-state index is 0. The number of thiazole rings is 1. The Bertz CT molecular complexity index is 131. The second-order valence-corrected chi connectivity index (χ2v) is 2.10. The van der Waals surface area contributed by atoms with E-state index in [2.05, 4.69) is 4.98 Å². The van der Waals surface area contributed by atoms with Crippen molar-refractivity contribution in [1.82, 2.24) is 4.98 Å². The third-order valence-corrected chi connectivity index (χ3v) is 1.40. The van der Waals surface area contributed by atoms with Crippen LogP contribution in [-0.4, -0.2) is 18.5 Å². The highest BCUT2D eigenvalue weighted by molar-refractivity contribution is 7.09. The smallest absolute Gasteiger partial charge is 0.0814 e. The number of aliphatic hydroxyl groups excluding tert-OH is 1. The van der Waals surface area contributed by atoms with Crippen LogP contribution in [0.4, 0.5) is 0 Å². The van der Waals surface area contributed by atoms with Gasteiger partial charge in [0.1, 0.15) is 0 Å². The largest absolute Gasteiger partial charge is 0.391 e. The molecule has 0 aliphatic rings. The predicted molar refractivity (Wildman–Crippen MR) is 38.0 cm³/mol. The summed E-state index contributed by atoms with van der Waals surface area (Å²) in [6.45, 7) is 0.116. The number of hydrogen-bond donors (Lipinski definition) is 1. The van der Waals surface area contributed by atoms with Gasteiger partial charge in [-0.05, 0) is 0 Å². The van der Waals surface area contributed by atoms with Gasteiger partial charge in [0.15, 0.2) is 0 Å². The Balaban J connectivity index is 0.000000490. The summed E-state index contributed by atoms with van der Waals surface area (Å²) in [6, 6.07) is 0. The molecule has 0 saturated carbocycles.